The highest BCUT2D eigenvalue weighted by Gasteiger charge is 2.17. The largest absolute Gasteiger partial charge is 0.489 e. The van der Waals surface area contributed by atoms with Crippen molar-refractivity contribution in [1.82, 2.24) is 5.32 Å². The van der Waals surface area contributed by atoms with E-state index in [9.17, 15) is 9.18 Å². The summed E-state index contributed by atoms with van der Waals surface area (Å²) in [5.74, 6) is -0.251. The van der Waals surface area contributed by atoms with Crippen LogP contribution in [0.2, 0.25) is 5.02 Å². The zero-order valence-corrected chi connectivity index (χ0v) is 15.8. The van der Waals surface area contributed by atoms with Crippen LogP contribution in [-0.4, -0.2) is 5.91 Å². The summed E-state index contributed by atoms with van der Waals surface area (Å²) in [6, 6.07) is 20.1. The first-order valence-corrected chi connectivity index (χ1v) is 9.13. The Bertz CT molecular complexity index is 947. The van der Waals surface area contributed by atoms with E-state index >= 15 is 0 Å². The number of rotatable bonds is 8. The molecular weight excluding hydrogens is 379 g/mol. The molecule has 1 amide bonds. The number of nitrogens with two attached hydrogens (primary N) is 1. The van der Waals surface area contributed by atoms with Crippen LogP contribution in [0.5, 0.6) is 5.75 Å². The van der Waals surface area contributed by atoms with Gasteiger partial charge < -0.3 is 10.5 Å². The maximum Gasteiger partial charge on any atom is 0.239 e. The summed E-state index contributed by atoms with van der Waals surface area (Å²) in [5.41, 5.74) is 7.88. The zero-order chi connectivity index (χ0) is 19.9. The number of halogens is 2. The summed E-state index contributed by atoms with van der Waals surface area (Å²) in [7, 11) is 0. The molecule has 0 fully saturated rings. The summed E-state index contributed by atoms with van der Waals surface area (Å²) in [5, 5.41) is 3.74. The number of amides is 1. The Balaban J connectivity index is 1.58. The smallest absolute Gasteiger partial charge is 0.239 e. The predicted molar refractivity (Wildman–Crippen MR) is 107 cm³/mol. The van der Waals surface area contributed by atoms with Gasteiger partial charge in [-0.3, -0.25) is 10.1 Å². The van der Waals surface area contributed by atoms with Crippen molar-refractivity contribution < 1.29 is 13.9 Å². The van der Waals surface area contributed by atoms with Crippen molar-refractivity contribution in [3.05, 3.63) is 100 Å². The second-order valence-corrected chi connectivity index (χ2v) is 6.77. The number of carbonyl (C=O) groups is 1. The van der Waals surface area contributed by atoms with Gasteiger partial charge >= 0.3 is 0 Å². The molecule has 3 rings (SSSR count). The van der Waals surface area contributed by atoms with Crippen LogP contribution in [0.25, 0.3) is 0 Å². The molecule has 0 radical (unpaired) electrons. The Kier molecular flexibility index (Phi) is 6.63. The van der Waals surface area contributed by atoms with Gasteiger partial charge in [-0.05, 0) is 53.1 Å². The molecule has 1 unspecified atom stereocenters. The van der Waals surface area contributed by atoms with Gasteiger partial charge in [-0.2, -0.15) is 0 Å². The summed E-state index contributed by atoms with van der Waals surface area (Å²) in [6.45, 7) is 0.820. The van der Waals surface area contributed by atoms with Gasteiger partial charge in [0.05, 0.1) is 0 Å². The van der Waals surface area contributed by atoms with Gasteiger partial charge in [0, 0.05) is 11.6 Å². The normalized spacial score (nSPS) is 11.8. The summed E-state index contributed by atoms with van der Waals surface area (Å²) in [6.07, 6.45) is 0. The molecule has 3 aromatic carbocycles. The van der Waals surface area contributed by atoms with Gasteiger partial charge in [0.1, 0.15) is 24.2 Å². The number of hydrogen-bond donors (Lipinski definition) is 2. The second kappa shape index (κ2) is 9.35. The Morgan fingerprint density at radius 2 is 1.79 bits per heavy atom. The summed E-state index contributed by atoms with van der Waals surface area (Å²) < 4.78 is 19.2. The zero-order valence-electron chi connectivity index (χ0n) is 15.1. The Morgan fingerprint density at radius 3 is 2.46 bits per heavy atom. The van der Waals surface area contributed by atoms with Crippen molar-refractivity contribution in [3.8, 4) is 5.75 Å². The third-order valence-electron chi connectivity index (χ3n) is 4.19. The van der Waals surface area contributed by atoms with Gasteiger partial charge in [-0.15, -0.1) is 0 Å². The molecule has 0 aliphatic carbocycles. The minimum Gasteiger partial charge on any atom is -0.489 e. The van der Waals surface area contributed by atoms with Crippen molar-refractivity contribution in [2.45, 2.75) is 19.2 Å². The fraction of sp³-hybridized carbons (Fsp3) is 0.136. The lowest BCUT2D eigenvalue weighted by Crippen LogP contribution is -2.33. The molecule has 0 aliphatic heterocycles. The Labute approximate surface area is 168 Å². The lowest BCUT2D eigenvalue weighted by Gasteiger charge is -2.16. The van der Waals surface area contributed by atoms with E-state index in [0.29, 0.717) is 23.7 Å². The molecule has 28 heavy (non-hydrogen) atoms. The van der Waals surface area contributed by atoms with Crippen molar-refractivity contribution in [2.75, 3.05) is 0 Å². The van der Waals surface area contributed by atoms with Crippen LogP contribution in [0.4, 0.5) is 4.39 Å². The van der Waals surface area contributed by atoms with Crippen molar-refractivity contribution in [2.24, 2.45) is 5.73 Å². The van der Waals surface area contributed by atoms with E-state index in [-0.39, 0.29) is 0 Å². The number of carbonyl (C=O) groups excluding carboxylic acids is 1. The van der Waals surface area contributed by atoms with Gasteiger partial charge in [0.15, 0.2) is 0 Å². The second-order valence-electron chi connectivity index (χ2n) is 6.33. The van der Waals surface area contributed by atoms with E-state index < -0.39 is 17.8 Å². The molecule has 0 aromatic heterocycles. The number of benzene rings is 3. The first kappa shape index (κ1) is 19.9. The first-order chi connectivity index (χ1) is 13.5. The fourth-order valence-corrected chi connectivity index (χ4v) is 3.00. The number of primary amides is 1. The maximum atomic E-state index is 13.4. The van der Waals surface area contributed by atoms with Gasteiger partial charge in [-0.1, -0.05) is 48.0 Å². The van der Waals surface area contributed by atoms with Crippen LogP contribution in [0.15, 0.2) is 72.8 Å². The highest BCUT2D eigenvalue weighted by Crippen LogP contribution is 2.18. The van der Waals surface area contributed by atoms with E-state index in [1.807, 2.05) is 48.5 Å². The molecule has 0 heterocycles. The average molecular weight is 399 g/mol. The predicted octanol–water partition coefficient (Wildman–Crippen LogP) is 4.37. The van der Waals surface area contributed by atoms with Crippen LogP contribution in [0, 0.1) is 5.82 Å². The van der Waals surface area contributed by atoms with Crippen LogP contribution < -0.4 is 15.8 Å². The van der Waals surface area contributed by atoms with E-state index in [2.05, 4.69) is 5.32 Å². The van der Waals surface area contributed by atoms with Gasteiger partial charge in [0.25, 0.3) is 0 Å². The number of hydrogen-bond acceptors (Lipinski definition) is 3. The molecule has 0 spiro atoms. The van der Waals surface area contributed by atoms with Crippen molar-refractivity contribution in [1.29, 1.82) is 0 Å². The molecule has 0 saturated carbocycles. The molecule has 144 valence electrons. The summed E-state index contributed by atoms with van der Waals surface area (Å²) in [4.78, 5) is 11.7. The van der Waals surface area contributed by atoms with Crippen molar-refractivity contribution in [3.63, 3.8) is 0 Å². The maximum absolute atomic E-state index is 13.4. The molecule has 4 nitrogen and oxygen atoms in total. The molecule has 0 saturated heterocycles. The highest BCUT2D eigenvalue weighted by atomic mass is 35.5. The number of nitrogens with one attached hydrogen (secondary N) is 1. The van der Waals surface area contributed by atoms with Crippen molar-refractivity contribution >= 4 is 17.5 Å². The van der Waals surface area contributed by atoms with E-state index in [4.69, 9.17) is 22.1 Å². The summed E-state index contributed by atoms with van der Waals surface area (Å²) >= 11 is 5.97. The minimum atomic E-state index is -0.769. The number of ether oxygens (including phenoxy) is 1. The molecule has 0 aliphatic rings. The van der Waals surface area contributed by atoms with E-state index in [0.717, 1.165) is 16.9 Å². The molecular formula is C22H20ClFN2O2. The van der Waals surface area contributed by atoms with Crippen LogP contribution in [0.3, 0.4) is 0 Å². The average Bonchev–Trinajstić information content (AvgIpc) is 2.67. The minimum absolute atomic E-state index is 0.401. The van der Waals surface area contributed by atoms with Gasteiger partial charge in [-0.25, -0.2) is 4.39 Å². The lowest BCUT2D eigenvalue weighted by molar-refractivity contribution is -0.120. The van der Waals surface area contributed by atoms with Crippen LogP contribution in [-0.2, 0) is 17.9 Å². The molecule has 1 atom stereocenters. The fourth-order valence-electron chi connectivity index (χ4n) is 2.79. The molecule has 6 heteroatoms. The van der Waals surface area contributed by atoms with E-state index in [1.54, 1.807) is 12.1 Å². The van der Waals surface area contributed by atoms with Crippen LogP contribution in [0.1, 0.15) is 22.7 Å². The highest BCUT2D eigenvalue weighted by molar-refractivity contribution is 6.30. The quantitative estimate of drug-likeness (QED) is 0.592. The lowest BCUT2D eigenvalue weighted by atomic mass is 10.1. The standard InChI is InChI=1S/C22H20ClFN2O2/c23-18-5-1-3-16(11-18)14-28-20-9-7-15(8-10-20)13-26-21(22(25)27)17-4-2-6-19(24)12-17/h1-12,21,26H,13-14H2,(H2,25,27). The Morgan fingerprint density at radius 1 is 1.04 bits per heavy atom. The topological polar surface area (TPSA) is 64.4 Å². The SMILES string of the molecule is NC(=O)C(NCc1ccc(OCc2cccc(Cl)c2)cc1)c1cccc(F)c1. The molecule has 3 aromatic rings. The van der Waals surface area contributed by atoms with Crippen LogP contribution >= 0.6 is 11.6 Å². The third kappa shape index (κ3) is 5.55. The van der Waals surface area contributed by atoms with Gasteiger partial charge in [0.2, 0.25) is 5.91 Å². The molecule has 3 N–H and O–H groups in total. The third-order valence-corrected chi connectivity index (χ3v) is 4.43. The monoisotopic (exact) mass is 398 g/mol. The Hall–Kier alpha value is -2.89. The molecule has 0 bridgehead atoms. The first-order valence-electron chi connectivity index (χ1n) is 8.75. The van der Waals surface area contributed by atoms with E-state index in [1.165, 1.54) is 12.1 Å².